The summed E-state index contributed by atoms with van der Waals surface area (Å²) in [5.74, 6) is 0.686. The van der Waals surface area contributed by atoms with Crippen LogP contribution in [0.5, 0.6) is 0 Å². The molecule has 112 valence electrons. The minimum Gasteiger partial charge on any atom is -0.468 e. The van der Waals surface area contributed by atoms with Crippen LogP contribution in [0.3, 0.4) is 0 Å². The Hall–Kier alpha value is -1.00. The van der Waals surface area contributed by atoms with Gasteiger partial charge in [-0.05, 0) is 36.6 Å². The number of ether oxygens (including phenoxy) is 1. The van der Waals surface area contributed by atoms with E-state index in [1.807, 2.05) is 0 Å². The van der Waals surface area contributed by atoms with Crippen LogP contribution in [0.4, 0.5) is 0 Å². The number of esters is 1. The third-order valence-corrected chi connectivity index (χ3v) is 4.28. The van der Waals surface area contributed by atoms with Gasteiger partial charge < -0.3 is 10.1 Å². The molecule has 3 nitrogen and oxygen atoms in total. The summed E-state index contributed by atoms with van der Waals surface area (Å²) in [6, 6.07) is 8.44. The number of benzene rings is 1. The van der Waals surface area contributed by atoms with Gasteiger partial charge in [0.2, 0.25) is 0 Å². The van der Waals surface area contributed by atoms with E-state index < -0.39 is 0 Å². The lowest BCUT2D eigenvalue weighted by atomic mass is 9.87. The molecule has 0 aliphatic heterocycles. The highest BCUT2D eigenvalue weighted by Crippen LogP contribution is 2.26. The number of thioether (sulfide) groups is 1. The van der Waals surface area contributed by atoms with Crippen molar-refractivity contribution in [3.63, 3.8) is 0 Å². The van der Waals surface area contributed by atoms with Gasteiger partial charge in [-0.2, -0.15) is 0 Å². The fourth-order valence-corrected chi connectivity index (χ4v) is 2.79. The molecular weight excluding hydrogens is 270 g/mol. The summed E-state index contributed by atoms with van der Waals surface area (Å²) < 4.78 is 4.75. The van der Waals surface area contributed by atoms with Crippen molar-refractivity contribution < 1.29 is 9.53 Å². The van der Waals surface area contributed by atoms with Gasteiger partial charge in [0.25, 0.3) is 0 Å². The molecule has 0 fully saturated rings. The number of rotatable bonds is 6. The minimum atomic E-state index is -0.221. The maximum absolute atomic E-state index is 11.4. The van der Waals surface area contributed by atoms with Gasteiger partial charge in [0.1, 0.15) is 6.04 Å². The second-order valence-electron chi connectivity index (χ2n) is 5.78. The van der Waals surface area contributed by atoms with Crippen LogP contribution < -0.4 is 5.32 Å². The Kier molecular flexibility index (Phi) is 6.56. The van der Waals surface area contributed by atoms with Gasteiger partial charge in [-0.1, -0.05) is 32.9 Å². The lowest BCUT2D eigenvalue weighted by Gasteiger charge is -2.19. The molecule has 1 aromatic carbocycles. The summed E-state index contributed by atoms with van der Waals surface area (Å²) >= 11 is 1.76. The number of likely N-dealkylation sites (N-methyl/N-ethyl adjacent to an activating group) is 1. The largest absolute Gasteiger partial charge is 0.468 e. The van der Waals surface area contributed by atoms with E-state index in [1.54, 1.807) is 18.8 Å². The van der Waals surface area contributed by atoms with Crippen LogP contribution in [-0.2, 0) is 14.9 Å². The monoisotopic (exact) mass is 295 g/mol. The highest BCUT2D eigenvalue weighted by molar-refractivity contribution is 7.99. The Labute approximate surface area is 126 Å². The van der Waals surface area contributed by atoms with E-state index in [0.717, 1.165) is 12.2 Å². The third kappa shape index (κ3) is 5.17. The van der Waals surface area contributed by atoms with Gasteiger partial charge in [0.05, 0.1) is 7.11 Å². The molecule has 0 aromatic heterocycles. The number of methoxy groups -OCH3 is 1. The van der Waals surface area contributed by atoms with Crippen molar-refractivity contribution in [3.05, 3.63) is 29.8 Å². The van der Waals surface area contributed by atoms with Gasteiger partial charge in [-0.25, -0.2) is 0 Å². The van der Waals surface area contributed by atoms with Crippen LogP contribution in [0, 0.1) is 0 Å². The number of carbonyl (C=O) groups is 1. The maximum atomic E-state index is 11.4. The van der Waals surface area contributed by atoms with Crippen molar-refractivity contribution in [2.24, 2.45) is 0 Å². The molecule has 20 heavy (non-hydrogen) atoms. The smallest absolute Gasteiger partial charge is 0.322 e. The van der Waals surface area contributed by atoms with Gasteiger partial charge >= 0.3 is 5.97 Å². The van der Waals surface area contributed by atoms with Crippen LogP contribution in [-0.4, -0.2) is 31.9 Å². The number of hydrogen-bond donors (Lipinski definition) is 1. The molecule has 0 aliphatic rings. The Morgan fingerprint density at radius 1 is 1.30 bits per heavy atom. The Morgan fingerprint density at radius 3 is 2.35 bits per heavy atom. The summed E-state index contributed by atoms with van der Waals surface area (Å²) in [6.45, 7) is 6.63. The lowest BCUT2D eigenvalue weighted by Crippen LogP contribution is -2.35. The predicted molar refractivity (Wildman–Crippen MR) is 85.3 cm³/mol. The predicted octanol–water partition coefficient (Wildman–Crippen LogP) is 3.23. The summed E-state index contributed by atoms with van der Waals surface area (Å²) in [5, 5.41) is 2.98. The molecule has 0 saturated carbocycles. The summed E-state index contributed by atoms with van der Waals surface area (Å²) in [7, 11) is 3.20. The van der Waals surface area contributed by atoms with Gasteiger partial charge in [0.15, 0.2) is 0 Å². The standard InChI is InChI=1S/C16H25NO2S/c1-16(2,3)12-6-8-13(9-7-12)20-11-10-14(17-4)15(18)19-5/h6-9,14,17H,10-11H2,1-5H3. The zero-order valence-electron chi connectivity index (χ0n) is 13.0. The van der Waals surface area contributed by atoms with Crippen LogP contribution in [0.25, 0.3) is 0 Å². The zero-order chi connectivity index (χ0) is 15.2. The quantitative estimate of drug-likeness (QED) is 0.646. The van der Waals surface area contributed by atoms with Crippen molar-refractivity contribution in [2.45, 2.75) is 43.5 Å². The average Bonchev–Trinajstić information content (AvgIpc) is 2.42. The first-order valence-electron chi connectivity index (χ1n) is 6.87. The molecule has 4 heteroatoms. The Balaban J connectivity index is 2.48. The van der Waals surface area contributed by atoms with E-state index in [4.69, 9.17) is 4.74 Å². The van der Waals surface area contributed by atoms with Crippen molar-refractivity contribution in [1.82, 2.24) is 5.32 Å². The highest BCUT2D eigenvalue weighted by Gasteiger charge is 2.16. The zero-order valence-corrected chi connectivity index (χ0v) is 13.8. The molecule has 0 heterocycles. The van der Waals surface area contributed by atoms with Crippen LogP contribution >= 0.6 is 11.8 Å². The number of nitrogens with one attached hydrogen (secondary N) is 1. The molecule has 0 amide bonds. The van der Waals surface area contributed by atoms with Crippen LogP contribution in [0.2, 0.25) is 0 Å². The molecule has 1 N–H and O–H groups in total. The minimum absolute atomic E-state index is 0.186. The first kappa shape index (κ1) is 17.1. The van der Waals surface area contributed by atoms with Crippen molar-refractivity contribution in [2.75, 3.05) is 19.9 Å². The van der Waals surface area contributed by atoms with E-state index in [2.05, 4.69) is 50.4 Å². The second kappa shape index (κ2) is 7.70. The normalized spacial score (nSPS) is 13.1. The fourth-order valence-electron chi connectivity index (χ4n) is 1.87. The molecule has 1 unspecified atom stereocenters. The first-order chi connectivity index (χ1) is 9.38. The molecule has 0 spiro atoms. The molecule has 1 rings (SSSR count). The fraction of sp³-hybridized carbons (Fsp3) is 0.562. The SMILES string of the molecule is CNC(CCSc1ccc(C(C)(C)C)cc1)C(=O)OC. The molecule has 0 aliphatic carbocycles. The second-order valence-corrected chi connectivity index (χ2v) is 6.94. The molecule has 0 saturated heterocycles. The third-order valence-electron chi connectivity index (χ3n) is 3.23. The topological polar surface area (TPSA) is 38.3 Å². The highest BCUT2D eigenvalue weighted by atomic mass is 32.2. The van der Waals surface area contributed by atoms with Crippen LogP contribution in [0.1, 0.15) is 32.8 Å². The number of carbonyl (C=O) groups excluding carboxylic acids is 1. The summed E-state index contributed by atoms with van der Waals surface area (Å²) in [6.07, 6.45) is 0.759. The van der Waals surface area contributed by atoms with Crippen LogP contribution in [0.15, 0.2) is 29.2 Å². The molecule has 0 bridgehead atoms. The number of hydrogen-bond acceptors (Lipinski definition) is 4. The molecule has 1 atom stereocenters. The van der Waals surface area contributed by atoms with E-state index in [0.29, 0.717) is 0 Å². The summed E-state index contributed by atoms with van der Waals surface area (Å²) in [4.78, 5) is 12.7. The van der Waals surface area contributed by atoms with E-state index in [1.165, 1.54) is 17.6 Å². The van der Waals surface area contributed by atoms with Crippen molar-refractivity contribution in [3.8, 4) is 0 Å². The van der Waals surface area contributed by atoms with E-state index in [-0.39, 0.29) is 17.4 Å². The Bertz CT molecular complexity index is 423. The maximum Gasteiger partial charge on any atom is 0.322 e. The lowest BCUT2D eigenvalue weighted by molar-refractivity contribution is -0.143. The van der Waals surface area contributed by atoms with Gasteiger partial charge in [0, 0.05) is 10.6 Å². The van der Waals surface area contributed by atoms with Gasteiger partial charge in [-0.3, -0.25) is 4.79 Å². The van der Waals surface area contributed by atoms with Gasteiger partial charge in [-0.15, -0.1) is 11.8 Å². The average molecular weight is 295 g/mol. The molecule has 1 aromatic rings. The van der Waals surface area contributed by atoms with Crippen molar-refractivity contribution >= 4 is 17.7 Å². The van der Waals surface area contributed by atoms with E-state index in [9.17, 15) is 4.79 Å². The molecular formula is C16H25NO2S. The first-order valence-corrected chi connectivity index (χ1v) is 7.85. The Morgan fingerprint density at radius 2 is 1.90 bits per heavy atom. The van der Waals surface area contributed by atoms with Crippen molar-refractivity contribution in [1.29, 1.82) is 0 Å². The molecule has 0 radical (unpaired) electrons. The van der Waals surface area contributed by atoms with E-state index >= 15 is 0 Å². The summed E-state index contributed by atoms with van der Waals surface area (Å²) in [5.41, 5.74) is 1.52.